The molecule has 2 aliphatic heterocycles. The van der Waals surface area contributed by atoms with Crippen molar-refractivity contribution >= 4 is 35.0 Å². The van der Waals surface area contributed by atoms with Crippen LogP contribution in [0.5, 0.6) is 0 Å². The number of aromatic amines is 2. The number of amides is 4. The fraction of sp³-hybridized carbons (Fsp3) is 0.429. The Morgan fingerprint density at radius 2 is 1.44 bits per heavy atom. The van der Waals surface area contributed by atoms with Crippen molar-refractivity contribution in [2.45, 2.75) is 77.5 Å². The van der Waals surface area contributed by atoms with Crippen LogP contribution in [-0.2, 0) is 14.3 Å². The fourth-order valence-electron chi connectivity index (χ4n) is 8.30. The first-order chi connectivity index (χ1) is 28.2. The standard InChI is InChI=1S/C42H48F2N8O7/c1-21(2)35(49-41(55)58-6)39(53)51-13-7-9-30(51)37-46-20-29(48-37)24-16-26(43)34(27(44)17-24)33-18-25-15-23(11-12-32(25)59-33)28-19-45-38(47-28)31-10-8-14-52(31)40(54)36(22(3)4)50(5)42(56)57/h11-12,15-22,30-31,35-36H,7-10,13-14H2,1-6H3,(H,45,47)(H,46,48)(H,49,55)(H,56,57)/t30-,31-,35-,36-/m0/s1. The summed E-state index contributed by atoms with van der Waals surface area (Å²) in [5.74, 6) is -1.61. The molecule has 2 aliphatic rings. The van der Waals surface area contributed by atoms with Gasteiger partial charge in [-0.1, -0.05) is 27.7 Å². The molecule has 15 nitrogen and oxygen atoms in total. The number of carboxylic acid groups (broad SMARTS) is 1. The predicted molar refractivity (Wildman–Crippen MR) is 213 cm³/mol. The first kappa shape index (κ1) is 40.9. The number of hydrogen-bond donors (Lipinski definition) is 4. The zero-order chi connectivity index (χ0) is 42.3. The number of nitrogens with zero attached hydrogens (tertiary/aromatic N) is 5. The van der Waals surface area contributed by atoms with Gasteiger partial charge in [0.25, 0.3) is 0 Å². The van der Waals surface area contributed by atoms with Gasteiger partial charge in [0.05, 0.1) is 48.5 Å². The summed E-state index contributed by atoms with van der Waals surface area (Å²) in [6, 6.07) is 6.88. The van der Waals surface area contributed by atoms with E-state index in [1.54, 1.807) is 34.2 Å². The topological polar surface area (TPSA) is 190 Å². The summed E-state index contributed by atoms with van der Waals surface area (Å²) in [6.45, 7) is 8.23. The molecule has 0 saturated carbocycles. The maximum absolute atomic E-state index is 15.8. The van der Waals surface area contributed by atoms with E-state index in [4.69, 9.17) is 9.15 Å². The largest absolute Gasteiger partial charge is 0.465 e. The Morgan fingerprint density at radius 3 is 1.98 bits per heavy atom. The molecule has 2 saturated heterocycles. The molecule has 0 spiro atoms. The van der Waals surface area contributed by atoms with E-state index in [-0.39, 0.29) is 46.6 Å². The van der Waals surface area contributed by atoms with E-state index in [9.17, 15) is 24.3 Å². The van der Waals surface area contributed by atoms with Gasteiger partial charge in [0.15, 0.2) is 0 Å². The minimum atomic E-state index is -1.17. The van der Waals surface area contributed by atoms with Crippen LogP contribution in [0.15, 0.2) is 53.2 Å². The first-order valence-corrected chi connectivity index (χ1v) is 19.7. The van der Waals surface area contributed by atoms with Crippen LogP contribution in [0.4, 0.5) is 18.4 Å². The molecule has 312 valence electrons. The summed E-state index contributed by atoms with van der Waals surface area (Å²) >= 11 is 0. The van der Waals surface area contributed by atoms with E-state index >= 15 is 8.78 Å². The van der Waals surface area contributed by atoms with Crippen molar-refractivity contribution in [2.75, 3.05) is 27.2 Å². The first-order valence-electron chi connectivity index (χ1n) is 19.7. The molecule has 2 aromatic carbocycles. The van der Waals surface area contributed by atoms with E-state index in [2.05, 4.69) is 25.3 Å². The Kier molecular flexibility index (Phi) is 11.5. The smallest absolute Gasteiger partial charge is 0.407 e. The molecule has 0 aliphatic carbocycles. The van der Waals surface area contributed by atoms with E-state index < -0.39 is 41.9 Å². The van der Waals surface area contributed by atoms with Crippen LogP contribution in [0.25, 0.3) is 44.8 Å². The average Bonchev–Trinajstić information content (AvgIpc) is 4.04. The van der Waals surface area contributed by atoms with E-state index in [0.29, 0.717) is 66.4 Å². The Bertz CT molecular complexity index is 2360. The van der Waals surface area contributed by atoms with Crippen LogP contribution in [0.1, 0.15) is 77.1 Å². The predicted octanol–water partition coefficient (Wildman–Crippen LogP) is 7.50. The van der Waals surface area contributed by atoms with Gasteiger partial charge in [0.2, 0.25) is 11.8 Å². The van der Waals surface area contributed by atoms with Crippen LogP contribution in [-0.4, -0.2) is 103 Å². The van der Waals surface area contributed by atoms with Crippen molar-refractivity contribution in [1.82, 2.24) is 40.0 Å². The highest BCUT2D eigenvalue weighted by atomic mass is 19.1. The molecule has 0 bridgehead atoms. The molecule has 5 heterocycles. The molecule has 4 N–H and O–H groups in total. The average molecular weight is 815 g/mol. The third-order valence-corrected chi connectivity index (χ3v) is 11.3. The highest BCUT2D eigenvalue weighted by Crippen LogP contribution is 2.38. The minimum absolute atomic E-state index is 0.000764. The highest BCUT2D eigenvalue weighted by molar-refractivity contribution is 5.88. The molecular weight excluding hydrogens is 767 g/mol. The number of aromatic nitrogens is 4. The number of furan rings is 1. The van der Waals surface area contributed by atoms with Gasteiger partial charge in [-0.2, -0.15) is 0 Å². The number of methoxy groups -OCH3 is 1. The lowest BCUT2D eigenvalue weighted by atomic mass is 10.0. The van der Waals surface area contributed by atoms with Crippen molar-refractivity contribution in [3.05, 3.63) is 72.1 Å². The number of imidazole rings is 2. The number of hydrogen-bond acceptors (Lipinski definition) is 8. The fourth-order valence-corrected chi connectivity index (χ4v) is 8.30. The summed E-state index contributed by atoms with van der Waals surface area (Å²) in [5, 5.41) is 12.8. The number of ether oxygens (including phenoxy) is 1. The molecule has 2 fully saturated rings. The number of carbonyl (C=O) groups is 4. The van der Waals surface area contributed by atoms with Gasteiger partial charge in [-0.3, -0.25) is 14.5 Å². The number of benzene rings is 2. The van der Waals surface area contributed by atoms with Gasteiger partial charge in [-0.15, -0.1) is 0 Å². The number of nitrogens with one attached hydrogen (secondary N) is 3. The Labute approximate surface area is 339 Å². The second-order valence-electron chi connectivity index (χ2n) is 15.9. The molecule has 59 heavy (non-hydrogen) atoms. The Balaban J connectivity index is 1.08. The van der Waals surface area contributed by atoms with Crippen molar-refractivity contribution in [3.63, 3.8) is 0 Å². The van der Waals surface area contributed by atoms with Crippen LogP contribution < -0.4 is 5.32 Å². The summed E-state index contributed by atoms with van der Waals surface area (Å²) in [5.41, 5.74) is 2.06. The second kappa shape index (κ2) is 16.5. The van der Waals surface area contributed by atoms with E-state index in [1.807, 2.05) is 33.8 Å². The summed E-state index contributed by atoms with van der Waals surface area (Å²) in [4.78, 5) is 70.8. The number of carbonyl (C=O) groups excluding carboxylic acids is 3. The van der Waals surface area contributed by atoms with Gasteiger partial charge in [0.1, 0.15) is 46.7 Å². The van der Waals surface area contributed by atoms with Gasteiger partial charge in [0, 0.05) is 36.7 Å². The number of halogens is 2. The number of likely N-dealkylation sites (N-methyl/N-ethyl adjacent to an activating group) is 1. The quantitative estimate of drug-likeness (QED) is 0.105. The van der Waals surface area contributed by atoms with Crippen molar-refractivity contribution in [3.8, 4) is 33.8 Å². The SMILES string of the molecule is COC(=O)N[C@H](C(=O)N1CCC[C@H]1c1ncc(-c2cc(F)c(-c3cc4cc(-c5cnc([C@@H]6CCCN6C(=O)[C@H](C(C)C)N(C)C(=O)O)[nH]5)ccc4o3)c(F)c2)[nH]1)C(C)C. The molecule has 4 atom stereocenters. The molecule has 0 radical (unpaired) electrons. The van der Waals surface area contributed by atoms with Gasteiger partial charge >= 0.3 is 12.2 Å². The molecule has 7 rings (SSSR count). The van der Waals surface area contributed by atoms with Crippen LogP contribution in [0.3, 0.4) is 0 Å². The van der Waals surface area contributed by atoms with Crippen molar-refractivity contribution < 1.29 is 42.2 Å². The summed E-state index contributed by atoms with van der Waals surface area (Å²) in [6.07, 6.45) is 4.00. The lowest BCUT2D eigenvalue weighted by molar-refractivity contribution is -0.138. The van der Waals surface area contributed by atoms with Crippen LogP contribution >= 0.6 is 0 Å². The number of fused-ring (bicyclic) bond motifs is 1. The zero-order valence-electron chi connectivity index (χ0n) is 33.7. The second-order valence-corrected chi connectivity index (χ2v) is 15.9. The summed E-state index contributed by atoms with van der Waals surface area (Å²) in [7, 11) is 2.64. The highest BCUT2D eigenvalue weighted by Gasteiger charge is 2.40. The monoisotopic (exact) mass is 814 g/mol. The van der Waals surface area contributed by atoms with Crippen molar-refractivity contribution in [2.24, 2.45) is 11.8 Å². The third-order valence-electron chi connectivity index (χ3n) is 11.3. The molecule has 3 aromatic heterocycles. The Hall–Kier alpha value is -6.26. The van der Waals surface area contributed by atoms with Gasteiger partial charge in [-0.25, -0.2) is 28.3 Å². The van der Waals surface area contributed by atoms with E-state index in [0.717, 1.165) is 16.9 Å². The molecule has 0 unspecified atom stereocenters. The molecule has 4 amide bonds. The number of H-pyrrole nitrogens is 2. The maximum Gasteiger partial charge on any atom is 0.407 e. The zero-order valence-corrected chi connectivity index (χ0v) is 33.7. The lowest BCUT2D eigenvalue weighted by Crippen LogP contribution is -2.51. The van der Waals surface area contributed by atoms with Crippen LogP contribution in [0, 0.1) is 23.5 Å². The number of alkyl carbamates (subject to hydrolysis) is 1. The Morgan fingerprint density at radius 1 is 0.864 bits per heavy atom. The number of likely N-dealkylation sites (tertiary alicyclic amines) is 2. The maximum atomic E-state index is 15.8. The van der Waals surface area contributed by atoms with Gasteiger partial charge in [-0.05, 0) is 73.9 Å². The number of rotatable bonds is 11. The summed E-state index contributed by atoms with van der Waals surface area (Å²) < 4.78 is 42.3. The molecule has 17 heteroatoms. The van der Waals surface area contributed by atoms with Crippen LogP contribution in [0.2, 0.25) is 0 Å². The van der Waals surface area contributed by atoms with Gasteiger partial charge < -0.3 is 39.3 Å². The third kappa shape index (κ3) is 7.97. The lowest BCUT2D eigenvalue weighted by Gasteiger charge is -2.33. The van der Waals surface area contributed by atoms with E-state index in [1.165, 1.54) is 32.5 Å². The normalized spacial score (nSPS) is 17.9. The molecular formula is C42H48F2N8O7. The molecule has 5 aromatic rings. The van der Waals surface area contributed by atoms with Crippen molar-refractivity contribution in [1.29, 1.82) is 0 Å². The minimum Gasteiger partial charge on any atom is -0.465 e.